The van der Waals surface area contributed by atoms with Gasteiger partial charge in [-0.15, -0.1) is 0 Å². The molecule has 1 aromatic rings. The van der Waals surface area contributed by atoms with Crippen LogP contribution in [0.1, 0.15) is 50.8 Å². The monoisotopic (exact) mass is 294 g/mol. The van der Waals surface area contributed by atoms with E-state index < -0.39 is 0 Å². The second-order valence-corrected chi connectivity index (χ2v) is 6.31. The third-order valence-electron chi connectivity index (χ3n) is 3.32. The van der Waals surface area contributed by atoms with E-state index >= 15 is 0 Å². The van der Waals surface area contributed by atoms with Crippen LogP contribution in [0.4, 0.5) is 11.6 Å². The summed E-state index contributed by atoms with van der Waals surface area (Å²) in [5, 5.41) is 6.82. The maximum Gasteiger partial charge on any atom is 0.136 e. The summed E-state index contributed by atoms with van der Waals surface area (Å²) in [4.78, 5) is 9.28. The minimum atomic E-state index is 0.593. The molecular weight excluding hydrogens is 268 g/mol. The smallest absolute Gasteiger partial charge is 0.136 e. The molecule has 2 rings (SSSR count). The Morgan fingerprint density at radius 1 is 1.15 bits per heavy atom. The lowest BCUT2D eigenvalue weighted by Crippen LogP contribution is -2.09. The number of nitrogens with one attached hydrogen (secondary N) is 2. The van der Waals surface area contributed by atoms with E-state index in [1.54, 1.807) is 0 Å². The van der Waals surface area contributed by atoms with E-state index in [0.29, 0.717) is 5.92 Å². The van der Waals surface area contributed by atoms with Crippen molar-refractivity contribution in [3.05, 3.63) is 11.9 Å². The second kappa shape index (κ2) is 8.35. The van der Waals surface area contributed by atoms with Gasteiger partial charge in [0, 0.05) is 25.1 Å². The Morgan fingerprint density at radius 3 is 2.45 bits per heavy atom. The van der Waals surface area contributed by atoms with Crippen LogP contribution in [0.5, 0.6) is 0 Å². The Labute approximate surface area is 126 Å². The number of nitrogens with zero attached hydrogens (tertiary/aromatic N) is 2. The first-order valence-corrected chi connectivity index (χ1v) is 9.08. The maximum atomic E-state index is 4.65. The third kappa shape index (κ3) is 5.19. The van der Waals surface area contributed by atoms with Gasteiger partial charge in [0.25, 0.3) is 0 Å². The molecule has 0 amide bonds. The van der Waals surface area contributed by atoms with Gasteiger partial charge in [0.05, 0.1) is 0 Å². The summed E-state index contributed by atoms with van der Waals surface area (Å²) >= 11 is 1.91. The molecule has 1 heterocycles. The molecule has 2 N–H and O–H groups in total. The molecule has 0 aromatic carbocycles. The minimum Gasteiger partial charge on any atom is -0.370 e. The average Bonchev–Trinajstić information content (AvgIpc) is 3.29. The van der Waals surface area contributed by atoms with Crippen LogP contribution in [0.25, 0.3) is 0 Å². The molecule has 0 saturated heterocycles. The van der Waals surface area contributed by atoms with E-state index in [1.807, 2.05) is 17.8 Å². The van der Waals surface area contributed by atoms with Crippen molar-refractivity contribution < 1.29 is 0 Å². The summed E-state index contributed by atoms with van der Waals surface area (Å²) in [5.41, 5.74) is 0. The van der Waals surface area contributed by atoms with Crippen LogP contribution in [0.2, 0.25) is 0 Å². The molecule has 112 valence electrons. The van der Waals surface area contributed by atoms with E-state index in [4.69, 9.17) is 0 Å². The Hall–Kier alpha value is -0.970. The zero-order valence-corrected chi connectivity index (χ0v) is 13.4. The van der Waals surface area contributed by atoms with E-state index in [1.165, 1.54) is 31.4 Å². The van der Waals surface area contributed by atoms with Crippen molar-refractivity contribution in [2.45, 2.75) is 44.9 Å². The Bertz CT molecular complexity index is 407. The van der Waals surface area contributed by atoms with Gasteiger partial charge < -0.3 is 10.6 Å². The van der Waals surface area contributed by atoms with E-state index in [2.05, 4.69) is 33.8 Å². The topological polar surface area (TPSA) is 49.8 Å². The Morgan fingerprint density at radius 2 is 1.85 bits per heavy atom. The number of hydrogen-bond acceptors (Lipinski definition) is 5. The molecule has 0 bridgehead atoms. The van der Waals surface area contributed by atoms with Gasteiger partial charge in [-0.1, -0.05) is 6.92 Å². The highest BCUT2D eigenvalue weighted by Crippen LogP contribution is 2.38. The van der Waals surface area contributed by atoms with Gasteiger partial charge in [0.1, 0.15) is 17.5 Å². The maximum absolute atomic E-state index is 4.65. The van der Waals surface area contributed by atoms with Gasteiger partial charge >= 0.3 is 0 Å². The van der Waals surface area contributed by atoms with Crippen LogP contribution in [-0.4, -0.2) is 35.1 Å². The lowest BCUT2D eigenvalue weighted by atomic mass is 10.3. The fraction of sp³-hybridized carbons (Fsp3) is 0.733. The zero-order valence-electron chi connectivity index (χ0n) is 12.6. The number of anilines is 2. The molecule has 20 heavy (non-hydrogen) atoms. The predicted octanol–water partition coefficient (Wildman–Crippen LogP) is 3.73. The Kier molecular flexibility index (Phi) is 6.43. The van der Waals surface area contributed by atoms with Gasteiger partial charge in [-0.05, 0) is 44.1 Å². The van der Waals surface area contributed by atoms with Crippen molar-refractivity contribution in [3.8, 4) is 0 Å². The normalized spacial score (nSPS) is 14.3. The van der Waals surface area contributed by atoms with Crippen LogP contribution in [0, 0.1) is 0 Å². The standard InChI is InChI=1S/C15H26N4S/c1-3-8-16-13-11-14(17-9-4-5-10-20-2)19-15(18-13)12-6-7-12/h11-12H,3-10H2,1-2H3,(H2,16,17,18,19). The van der Waals surface area contributed by atoms with Crippen molar-refractivity contribution in [2.24, 2.45) is 0 Å². The van der Waals surface area contributed by atoms with Crippen molar-refractivity contribution in [1.29, 1.82) is 0 Å². The van der Waals surface area contributed by atoms with Crippen molar-refractivity contribution in [1.82, 2.24) is 9.97 Å². The molecule has 5 heteroatoms. The molecule has 1 aliphatic rings. The molecule has 1 fully saturated rings. The largest absolute Gasteiger partial charge is 0.370 e. The van der Waals surface area contributed by atoms with Crippen molar-refractivity contribution in [2.75, 3.05) is 35.7 Å². The molecule has 0 atom stereocenters. The van der Waals surface area contributed by atoms with E-state index in [9.17, 15) is 0 Å². The first-order valence-electron chi connectivity index (χ1n) is 7.69. The average molecular weight is 294 g/mol. The lowest BCUT2D eigenvalue weighted by Gasteiger charge is -2.10. The van der Waals surface area contributed by atoms with Crippen LogP contribution >= 0.6 is 11.8 Å². The zero-order chi connectivity index (χ0) is 14.2. The summed E-state index contributed by atoms with van der Waals surface area (Å²) < 4.78 is 0. The SMILES string of the molecule is CCCNc1cc(NCCCCSC)nc(C2CC2)n1. The van der Waals surface area contributed by atoms with Crippen LogP contribution in [0.15, 0.2) is 6.07 Å². The first-order chi connectivity index (χ1) is 9.83. The summed E-state index contributed by atoms with van der Waals surface area (Å²) in [6.45, 7) is 4.13. The third-order valence-corrected chi connectivity index (χ3v) is 4.02. The van der Waals surface area contributed by atoms with Gasteiger partial charge in [-0.25, -0.2) is 9.97 Å². The molecule has 1 saturated carbocycles. The molecule has 1 aliphatic carbocycles. The number of rotatable bonds is 10. The van der Waals surface area contributed by atoms with Crippen molar-refractivity contribution in [3.63, 3.8) is 0 Å². The predicted molar refractivity (Wildman–Crippen MR) is 88.9 cm³/mol. The molecule has 0 spiro atoms. The summed E-state index contributed by atoms with van der Waals surface area (Å²) in [7, 11) is 0. The summed E-state index contributed by atoms with van der Waals surface area (Å²) in [6, 6.07) is 2.04. The number of aromatic nitrogens is 2. The van der Waals surface area contributed by atoms with Crippen molar-refractivity contribution >= 4 is 23.4 Å². The fourth-order valence-corrected chi connectivity index (χ4v) is 2.50. The van der Waals surface area contributed by atoms with Gasteiger partial charge in [0.15, 0.2) is 0 Å². The molecule has 0 unspecified atom stereocenters. The number of hydrogen-bond donors (Lipinski definition) is 2. The molecule has 0 aliphatic heterocycles. The number of thioether (sulfide) groups is 1. The highest BCUT2D eigenvalue weighted by atomic mass is 32.2. The quantitative estimate of drug-likeness (QED) is 0.644. The van der Waals surface area contributed by atoms with Crippen LogP contribution in [-0.2, 0) is 0 Å². The van der Waals surface area contributed by atoms with Crippen LogP contribution in [0.3, 0.4) is 0 Å². The van der Waals surface area contributed by atoms with Gasteiger partial charge in [-0.2, -0.15) is 11.8 Å². The molecule has 4 nitrogen and oxygen atoms in total. The summed E-state index contributed by atoms with van der Waals surface area (Å²) in [5.74, 6) is 4.79. The van der Waals surface area contributed by atoms with Gasteiger partial charge in [0.2, 0.25) is 0 Å². The van der Waals surface area contributed by atoms with Gasteiger partial charge in [-0.3, -0.25) is 0 Å². The molecule has 1 aromatic heterocycles. The Balaban J connectivity index is 1.90. The number of unbranched alkanes of at least 4 members (excludes halogenated alkanes) is 1. The molecular formula is C15H26N4S. The first kappa shape index (κ1) is 15.4. The highest BCUT2D eigenvalue weighted by molar-refractivity contribution is 7.98. The van der Waals surface area contributed by atoms with E-state index in [-0.39, 0.29) is 0 Å². The molecule has 0 radical (unpaired) electrons. The summed E-state index contributed by atoms with van der Waals surface area (Å²) in [6.07, 6.45) is 8.21. The fourth-order valence-electron chi connectivity index (χ4n) is 2.01. The second-order valence-electron chi connectivity index (χ2n) is 5.32. The highest BCUT2D eigenvalue weighted by Gasteiger charge is 2.27. The van der Waals surface area contributed by atoms with Crippen LogP contribution < -0.4 is 10.6 Å². The lowest BCUT2D eigenvalue weighted by molar-refractivity contribution is 0.833. The minimum absolute atomic E-state index is 0.593. The van der Waals surface area contributed by atoms with E-state index in [0.717, 1.165) is 37.0 Å².